The van der Waals surface area contributed by atoms with E-state index in [1.807, 2.05) is 0 Å². The van der Waals surface area contributed by atoms with Gasteiger partial charge in [-0.2, -0.15) is 5.26 Å². The van der Waals surface area contributed by atoms with Gasteiger partial charge in [0.1, 0.15) is 0 Å². The molecular formula is C14H26N2O. The standard InChI is InChI=1S/C14H26N2O/c1-2-5-12(8-9-17)11-16-14-7-4-3-6-13(14)10-15/h12-14,16-17H,2-9,11H2,1H3. The van der Waals surface area contributed by atoms with Gasteiger partial charge in [0.2, 0.25) is 0 Å². The van der Waals surface area contributed by atoms with Crippen molar-refractivity contribution in [3.63, 3.8) is 0 Å². The largest absolute Gasteiger partial charge is 0.396 e. The zero-order valence-corrected chi connectivity index (χ0v) is 11.0. The number of aliphatic hydroxyl groups is 1. The molecule has 0 spiro atoms. The Morgan fingerprint density at radius 1 is 1.35 bits per heavy atom. The highest BCUT2D eigenvalue weighted by atomic mass is 16.3. The molecule has 3 atom stereocenters. The highest BCUT2D eigenvalue weighted by Gasteiger charge is 2.24. The van der Waals surface area contributed by atoms with E-state index in [1.165, 1.54) is 19.3 Å². The Bertz CT molecular complexity index is 231. The Labute approximate surface area is 105 Å². The Kier molecular flexibility index (Phi) is 7.23. The van der Waals surface area contributed by atoms with Gasteiger partial charge in [0.25, 0.3) is 0 Å². The van der Waals surface area contributed by atoms with Crippen LogP contribution in [-0.2, 0) is 0 Å². The molecule has 17 heavy (non-hydrogen) atoms. The molecule has 0 heterocycles. The van der Waals surface area contributed by atoms with Gasteiger partial charge in [0, 0.05) is 12.6 Å². The van der Waals surface area contributed by atoms with Gasteiger partial charge in [0.15, 0.2) is 0 Å². The smallest absolute Gasteiger partial charge is 0.0672 e. The molecule has 1 fully saturated rings. The second-order valence-corrected chi connectivity index (χ2v) is 5.20. The zero-order chi connectivity index (χ0) is 12.5. The van der Waals surface area contributed by atoms with Gasteiger partial charge < -0.3 is 10.4 Å². The maximum Gasteiger partial charge on any atom is 0.0672 e. The van der Waals surface area contributed by atoms with Crippen LogP contribution in [0.4, 0.5) is 0 Å². The first-order valence-electron chi connectivity index (χ1n) is 7.05. The van der Waals surface area contributed by atoms with Crippen LogP contribution < -0.4 is 5.32 Å². The van der Waals surface area contributed by atoms with Crippen molar-refractivity contribution in [1.29, 1.82) is 5.26 Å². The molecule has 0 bridgehead atoms. The Balaban J connectivity index is 2.33. The fourth-order valence-electron chi connectivity index (χ4n) is 2.79. The molecule has 0 aromatic carbocycles. The fraction of sp³-hybridized carbons (Fsp3) is 0.929. The van der Waals surface area contributed by atoms with Gasteiger partial charge in [-0.3, -0.25) is 0 Å². The minimum atomic E-state index is 0.195. The van der Waals surface area contributed by atoms with Crippen LogP contribution in [0.5, 0.6) is 0 Å². The topological polar surface area (TPSA) is 56.0 Å². The summed E-state index contributed by atoms with van der Waals surface area (Å²) in [5.41, 5.74) is 0. The van der Waals surface area contributed by atoms with E-state index in [9.17, 15) is 0 Å². The van der Waals surface area contributed by atoms with Crippen molar-refractivity contribution < 1.29 is 5.11 Å². The summed E-state index contributed by atoms with van der Waals surface area (Å²) < 4.78 is 0. The van der Waals surface area contributed by atoms with E-state index in [0.717, 1.165) is 32.2 Å². The van der Waals surface area contributed by atoms with Gasteiger partial charge in [-0.25, -0.2) is 0 Å². The predicted molar refractivity (Wildman–Crippen MR) is 69.5 cm³/mol. The van der Waals surface area contributed by atoms with E-state index in [4.69, 9.17) is 10.4 Å². The van der Waals surface area contributed by atoms with E-state index in [-0.39, 0.29) is 12.5 Å². The Morgan fingerprint density at radius 3 is 2.76 bits per heavy atom. The van der Waals surface area contributed by atoms with Crippen molar-refractivity contribution in [2.75, 3.05) is 13.2 Å². The molecule has 3 heteroatoms. The van der Waals surface area contributed by atoms with Gasteiger partial charge in [-0.15, -0.1) is 0 Å². The minimum absolute atomic E-state index is 0.195. The summed E-state index contributed by atoms with van der Waals surface area (Å²) in [5.74, 6) is 0.756. The second-order valence-electron chi connectivity index (χ2n) is 5.20. The van der Waals surface area contributed by atoms with Gasteiger partial charge in [-0.05, 0) is 38.1 Å². The first kappa shape index (κ1) is 14.5. The quantitative estimate of drug-likeness (QED) is 0.716. The third-order valence-electron chi connectivity index (χ3n) is 3.83. The molecule has 1 aliphatic rings. The summed E-state index contributed by atoms with van der Waals surface area (Å²) in [5, 5.41) is 21.7. The van der Waals surface area contributed by atoms with Crippen LogP contribution in [-0.4, -0.2) is 24.3 Å². The van der Waals surface area contributed by atoms with E-state index in [0.29, 0.717) is 12.0 Å². The number of rotatable bonds is 7. The number of nitriles is 1. The summed E-state index contributed by atoms with van der Waals surface area (Å²) in [6.45, 7) is 3.42. The summed E-state index contributed by atoms with van der Waals surface area (Å²) >= 11 is 0. The van der Waals surface area contributed by atoms with Gasteiger partial charge in [0.05, 0.1) is 12.0 Å². The van der Waals surface area contributed by atoms with Crippen molar-refractivity contribution in [2.24, 2.45) is 11.8 Å². The summed E-state index contributed by atoms with van der Waals surface area (Å²) in [6, 6.07) is 2.81. The lowest BCUT2D eigenvalue weighted by Crippen LogP contribution is -2.40. The number of aliphatic hydroxyl groups excluding tert-OH is 1. The van der Waals surface area contributed by atoms with Crippen LogP contribution in [0.15, 0.2) is 0 Å². The van der Waals surface area contributed by atoms with E-state index in [1.54, 1.807) is 0 Å². The van der Waals surface area contributed by atoms with Gasteiger partial charge in [-0.1, -0.05) is 26.2 Å². The second kappa shape index (κ2) is 8.49. The molecule has 1 rings (SSSR count). The average Bonchev–Trinajstić information content (AvgIpc) is 2.37. The molecule has 3 nitrogen and oxygen atoms in total. The maximum atomic E-state index is 9.10. The van der Waals surface area contributed by atoms with Crippen molar-refractivity contribution >= 4 is 0 Å². The van der Waals surface area contributed by atoms with Crippen LogP contribution in [0.2, 0.25) is 0 Å². The number of hydrogen-bond donors (Lipinski definition) is 2. The Morgan fingerprint density at radius 2 is 2.12 bits per heavy atom. The van der Waals surface area contributed by atoms with Crippen LogP contribution in [0.1, 0.15) is 51.9 Å². The third-order valence-corrected chi connectivity index (χ3v) is 3.83. The molecule has 98 valence electrons. The van der Waals surface area contributed by atoms with Crippen LogP contribution in [0.3, 0.4) is 0 Å². The molecule has 1 saturated carbocycles. The molecule has 0 aromatic heterocycles. The first-order valence-corrected chi connectivity index (χ1v) is 7.05. The van der Waals surface area contributed by atoms with Crippen LogP contribution in [0.25, 0.3) is 0 Å². The summed E-state index contributed by atoms with van der Waals surface area (Å²) in [4.78, 5) is 0. The molecule has 0 aliphatic heterocycles. The molecule has 1 aliphatic carbocycles. The number of hydrogen-bond acceptors (Lipinski definition) is 3. The summed E-state index contributed by atoms with van der Waals surface area (Å²) in [6.07, 6.45) is 7.84. The lowest BCUT2D eigenvalue weighted by Gasteiger charge is -2.29. The SMILES string of the molecule is CCCC(CCO)CNC1CCCCC1C#N. The molecule has 0 aromatic rings. The Hall–Kier alpha value is -0.590. The summed E-state index contributed by atoms with van der Waals surface area (Å²) in [7, 11) is 0. The highest BCUT2D eigenvalue weighted by Crippen LogP contribution is 2.24. The lowest BCUT2D eigenvalue weighted by molar-refractivity contribution is 0.234. The minimum Gasteiger partial charge on any atom is -0.396 e. The molecule has 2 N–H and O–H groups in total. The van der Waals surface area contributed by atoms with Crippen LogP contribution >= 0.6 is 0 Å². The first-order chi connectivity index (χ1) is 8.31. The number of nitrogens with zero attached hydrogens (tertiary/aromatic N) is 1. The zero-order valence-electron chi connectivity index (χ0n) is 11.0. The normalized spacial score (nSPS) is 26.4. The van der Waals surface area contributed by atoms with Crippen molar-refractivity contribution in [1.82, 2.24) is 5.32 Å². The van der Waals surface area contributed by atoms with Crippen molar-refractivity contribution in [2.45, 2.75) is 57.9 Å². The highest BCUT2D eigenvalue weighted by molar-refractivity contribution is 4.94. The molecule has 0 radical (unpaired) electrons. The lowest BCUT2D eigenvalue weighted by atomic mass is 9.85. The average molecular weight is 238 g/mol. The molecule has 0 saturated heterocycles. The molecule has 3 unspecified atom stereocenters. The predicted octanol–water partition coefficient (Wildman–Crippen LogP) is 2.46. The van der Waals surface area contributed by atoms with Crippen molar-refractivity contribution in [3.8, 4) is 6.07 Å². The van der Waals surface area contributed by atoms with Crippen LogP contribution in [0, 0.1) is 23.2 Å². The maximum absolute atomic E-state index is 9.10. The third kappa shape index (κ3) is 5.06. The molecular weight excluding hydrogens is 212 g/mol. The van der Waals surface area contributed by atoms with Gasteiger partial charge >= 0.3 is 0 Å². The molecule has 0 amide bonds. The van der Waals surface area contributed by atoms with Crippen molar-refractivity contribution in [3.05, 3.63) is 0 Å². The van der Waals surface area contributed by atoms with E-state index >= 15 is 0 Å². The fourth-order valence-corrected chi connectivity index (χ4v) is 2.79. The van der Waals surface area contributed by atoms with E-state index < -0.39 is 0 Å². The monoisotopic (exact) mass is 238 g/mol. The number of nitrogens with one attached hydrogen (secondary N) is 1. The van der Waals surface area contributed by atoms with E-state index in [2.05, 4.69) is 18.3 Å².